The molecule has 0 saturated carbocycles. The van der Waals surface area contributed by atoms with Crippen molar-refractivity contribution in [2.24, 2.45) is 0 Å². The fourth-order valence-electron chi connectivity index (χ4n) is 1.46. The molecule has 0 radical (unpaired) electrons. The fourth-order valence-corrected chi connectivity index (χ4v) is 1.46. The molecule has 0 unspecified atom stereocenters. The van der Waals surface area contributed by atoms with E-state index in [1.54, 1.807) is 0 Å². The van der Waals surface area contributed by atoms with Crippen LogP contribution in [0.5, 0.6) is 0 Å². The molecule has 1 aliphatic rings. The number of benzene rings is 1. The minimum Gasteiger partial charge on any atom is -0.348 e. The highest BCUT2D eigenvalue weighted by Gasteiger charge is 2.19. The SMILES string of the molecule is CC.CC.Cc1cccc2c1C(=O)NC2. The maximum Gasteiger partial charge on any atom is 0.252 e. The number of rotatable bonds is 0. The highest BCUT2D eigenvalue weighted by molar-refractivity contribution is 5.99. The van der Waals surface area contributed by atoms with Gasteiger partial charge >= 0.3 is 0 Å². The lowest BCUT2D eigenvalue weighted by Crippen LogP contribution is -2.13. The van der Waals surface area contributed by atoms with E-state index in [1.165, 1.54) is 0 Å². The molecule has 1 aliphatic heterocycles. The minimum atomic E-state index is 0.0677. The zero-order valence-corrected chi connectivity index (χ0v) is 10.3. The van der Waals surface area contributed by atoms with Gasteiger partial charge in [-0.2, -0.15) is 0 Å². The average Bonchev–Trinajstić information content (AvgIpc) is 2.68. The van der Waals surface area contributed by atoms with Crippen LogP contribution in [0.1, 0.15) is 49.2 Å². The number of carbonyl (C=O) groups excluding carboxylic acids is 1. The molecule has 0 bridgehead atoms. The molecule has 0 atom stereocenters. The summed E-state index contributed by atoms with van der Waals surface area (Å²) in [6.45, 7) is 10.7. The minimum absolute atomic E-state index is 0.0677. The van der Waals surface area contributed by atoms with Crippen molar-refractivity contribution in [2.45, 2.75) is 41.2 Å². The van der Waals surface area contributed by atoms with Crippen molar-refractivity contribution in [2.75, 3.05) is 0 Å². The van der Waals surface area contributed by atoms with Gasteiger partial charge in [0.25, 0.3) is 5.91 Å². The van der Waals surface area contributed by atoms with Crippen LogP contribution in [0.3, 0.4) is 0 Å². The molecule has 0 spiro atoms. The molecule has 1 aromatic rings. The first-order valence-electron chi connectivity index (χ1n) is 5.66. The Hall–Kier alpha value is -1.31. The van der Waals surface area contributed by atoms with Crippen molar-refractivity contribution in [3.63, 3.8) is 0 Å². The van der Waals surface area contributed by atoms with Crippen molar-refractivity contribution in [3.8, 4) is 0 Å². The molecule has 1 amide bonds. The lowest BCUT2D eigenvalue weighted by atomic mass is 10.0. The van der Waals surface area contributed by atoms with Gasteiger partial charge in [-0.3, -0.25) is 4.79 Å². The first-order valence-corrected chi connectivity index (χ1v) is 5.66. The van der Waals surface area contributed by atoms with E-state index >= 15 is 0 Å². The summed E-state index contributed by atoms with van der Waals surface area (Å²) >= 11 is 0. The second-order valence-electron chi connectivity index (χ2n) is 2.79. The molecular formula is C13H21NO. The number of hydrogen-bond donors (Lipinski definition) is 1. The van der Waals surface area contributed by atoms with E-state index < -0.39 is 0 Å². The van der Waals surface area contributed by atoms with Crippen molar-refractivity contribution in [1.29, 1.82) is 0 Å². The van der Waals surface area contributed by atoms with Gasteiger partial charge < -0.3 is 5.32 Å². The summed E-state index contributed by atoms with van der Waals surface area (Å²) < 4.78 is 0. The van der Waals surface area contributed by atoms with Gasteiger partial charge in [-0.1, -0.05) is 45.9 Å². The Balaban J connectivity index is 0.000000442. The number of carbonyl (C=O) groups is 1. The van der Waals surface area contributed by atoms with Gasteiger partial charge in [0.05, 0.1) is 0 Å². The van der Waals surface area contributed by atoms with E-state index in [1.807, 2.05) is 52.8 Å². The smallest absolute Gasteiger partial charge is 0.252 e. The highest BCUT2D eigenvalue weighted by atomic mass is 16.1. The summed E-state index contributed by atoms with van der Waals surface area (Å²) in [4.78, 5) is 11.2. The maximum absolute atomic E-state index is 11.2. The van der Waals surface area contributed by atoms with Crippen LogP contribution in [0.2, 0.25) is 0 Å². The number of nitrogens with one attached hydrogen (secondary N) is 1. The van der Waals surface area contributed by atoms with E-state index in [-0.39, 0.29) is 5.91 Å². The Kier molecular flexibility index (Phi) is 6.43. The summed E-state index contributed by atoms with van der Waals surface area (Å²) in [5.41, 5.74) is 3.06. The second-order valence-corrected chi connectivity index (χ2v) is 2.79. The molecule has 2 rings (SSSR count). The Labute approximate surface area is 92.7 Å². The molecule has 0 fully saturated rings. The third-order valence-electron chi connectivity index (χ3n) is 2.03. The first-order chi connectivity index (χ1) is 7.29. The van der Waals surface area contributed by atoms with Crippen molar-refractivity contribution in [3.05, 3.63) is 34.9 Å². The van der Waals surface area contributed by atoms with Gasteiger partial charge in [0.1, 0.15) is 0 Å². The van der Waals surface area contributed by atoms with Gasteiger partial charge in [0.2, 0.25) is 0 Å². The van der Waals surface area contributed by atoms with E-state index in [9.17, 15) is 4.79 Å². The maximum atomic E-state index is 11.2. The van der Waals surface area contributed by atoms with Gasteiger partial charge in [-0.25, -0.2) is 0 Å². The molecule has 0 aromatic heterocycles. The zero-order valence-electron chi connectivity index (χ0n) is 10.3. The summed E-state index contributed by atoms with van der Waals surface area (Å²) in [6, 6.07) is 5.93. The third-order valence-corrected chi connectivity index (χ3v) is 2.03. The molecule has 0 aliphatic carbocycles. The summed E-state index contributed by atoms with van der Waals surface area (Å²) in [5, 5.41) is 2.79. The Morgan fingerprint density at radius 1 is 1.13 bits per heavy atom. The number of hydrogen-bond acceptors (Lipinski definition) is 1. The monoisotopic (exact) mass is 207 g/mol. The fraction of sp³-hybridized carbons (Fsp3) is 0.462. The molecule has 0 saturated heterocycles. The second kappa shape index (κ2) is 7.04. The number of aryl methyl sites for hydroxylation is 1. The standard InChI is InChI=1S/C9H9NO.2C2H6/c1-6-3-2-4-7-5-10-9(11)8(6)7;2*1-2/h2-4H,5H2,1H3,(H,10,11);2*1-2H3. The molecule has 15 heavy (non-hydrogen) atoms. The van der Waals surface area contributed by atoms with Gasteiger partial charge in [-0.05, 0) is 18.1 Å². The summed E-state index contributed by atoms with van der Waals surface area (Å²) in [5.74, 6) is 0.0677. The van der Waals surface area contributed by atoms with Crippen molar-refractivity contribution < 1.29 is 4.79 Å². The Bertz CT molecular complexity index is 318. The van der Waals surface area contributed by atoms with Crippen LogP contribution in [-0.4, -0.2) is 5.91 Å². The molecule has 2 heteroatoms. The largest absolute Gasteiger partial charge is 0.348 e. The van der Waals surface area contributed by atoms with Crippen LogP contribution in [0.25, 0.3) is 0 Å². The predicted octanol–water partition coefficient (Wildman–Crippen LogP) is 3.29. The molecule has 1 N–H and O–H groups in total. The van der Waals surface area contributed by atoms with Gasteiger partial charge in [0.15, 0.2) is 0 Å². The van der Waals surface area contributed by atoms with E-state index in [0.29, 0.717) is 6.54 Å². The van der Waals surface area contributed by atoms with Crippen LogP contribution < -0.4 is 5.32 Å². The van der Waals surface area contributed by atoms with E-state index in [0.717, 1.165) is 16.7 Å². The number of fused-ring (bicyclic) bond motifs is 1. The van der Waals surface area contributed by atoms with Crippen LogP contribution >= 0.6 is 0 Å². The van der Waals surface area contributed by atoms with E-state index in [2.05, 4.69) is 5.32 Å². The molecule has 1 heterocycles. The van der Waals surface area contributed by atoms with Crippen molar-refractivity contribution in [1.82, 2.24) is 5.32 Å². The lowest BCUT2D eigenvalue weighted by Gasteiger charge is -1.97. The Morgan fingerprint density at radius 2 is 1.73 bits per heavy atom. The summed E-state index contributed by atoms with van der Waals surface area (Å²) in [6.07, 6.45) is 0. The van der Waals surface area contributed by atoms with Crippen molar-refractivity contribution >= 4 is 5.91 Å². The van der Waals surface area contributed by atoms with Crippen LogP contribution in [0.4, 0.5) is 0 Å². The third kappa shape index (κ3) is 3.08. The lowest BCUT2D eigenvalue weighted by molar-refractivity contribution is 0.0965. The zero-order chi connectivity index (χ0) is 11.8. The van der Waals surface area contributed by atoms with E-state index in [4.69, 9.17) is 0 Å². The highest BCUT2D eigenvalue weighted by Crippen LogP contribution is 2.18. The molecule has 84 valence electrons. The summed E-state index contributed by atoms with van der Waals surface area (Å²) in [7, 11) is 0. The number of amides is 1. The van der Waals surface area contributed by atoms with Gasteiger partial charge in [-0.15, -0.1) is 0 Å². The first kappa shape index (κ1) is 13.7. The predicted molar refractivity (Wildman–Crippen MR) is 65.0 cm³/mol. The van der Waals surface area contributed by atoms with Crippen LogP contribution in [0.15, 0.2) is 18.2 Å². The normalized spacial score (nSPS) is 11.4. The van der Waals surface area contributed by atoms with Crippen LogP contribution in [0, 0.1) is 6.92 Å². The molecular weight excluding hydrogens is 186 g/mol. The van der Waals surface area contributed by atoms with Crippen LogP contribution in [-0.2, 0) is 6.54 Å². The van der Waals surface area contributed by atoms with Gasteiger partial charge in [0, 0.05) is 12.1 Å². The Morgan fingerprint density at radius 3 is 2.27 bits per heavy atom. The quantitative estimate of drug-likeness (QED) is 0.695. The topological polar surface area (TPSA) is 29.1 Å². The average molecular weight is 207 g/mol. The molecule has 1 aromatic carbocycles. The molecule has 2 nitrogen and oxygen atoms in total.